The molecule has 0 fully saturated rings. The Hall–Kier alpha value is -2.21. The summed E-state index contributed by atoms with van der Waals surface area (Å²) in [5, 5.41) is 14.0. The van der Waals surface area contributed by atoms with Gasteiger partial charge in [-0.25, -0.2) is 4.98 Å². The van der Waals surface area contributed by atoms with E-state index in [1.165, 1.54) is 30.4 Å². The van der Waals surface area contributed by atoms with Gasteiger partial charge in [-0.3, -0.25) is 14.9 Å². The average Bonchev–Trinajstić information content (AvgIpc) is 2.81. The van der Waals surface area contributed by atoms with Crippen molar-refractivity contribution in [2.45, 2.75) is 13.8 Å². The molecular weight excluding hydrogens is 264 g/mol. The number of phenolic OH excluding ortho intramolecular Hbond substituents is 1. The predicted octanol–water partition coefficient (Wildman–Crippen LogP) is 2.61. The summed E-state index contributed by atoms with van der Waals surface area (Å²) < 4.78 is 0. The van der Waals surface area contributed by atoms with Crippen molar-refractivity contribution in [2.24, 2.45) is 0 Å². The minimum absolute atomic E-state index is 0.141. The Morgan fingerprint density at radius 2 is 2.11 bits per heavy atom. The molecule has 19 heavy (non-hydrogen) atoms. The van der Waals surface area contributed by atoms with Crippen LogP contribution >= 0.6 is 11.3 Å². The van der Waals surface area contributed by atoms with Crippen LogP contribution in [0.15, 0.2) is 23.6 Å². The monoisotopic (exact) mass is 276 g/mol. The molecule has 1 heterocycles. The van der Waals surface area contributed by atoms with Gasteiger partial charge in [0.1, 0.15) is 11.4 Å². The maximum absolute atomic E-state index is 11.9. The Labute approximate surface area is 113 Å². The number of ketones is 1. The highest BCUT2D eigenvalue weighted by Crippen LogP contribution is 2.20. The third kappa shape index (κ3) is 2.97. The number of hydrogen-bond donors (Lipinski definition) is 2. The lowest BCUT2D eigenvalue weighted by Crippen LogP contribution is -2.12. The van der Waals surface area contributed by atoms with Crippen LogP contribution in [0.2, 0.25) is 0 Å². The second-order valence-corrected chi connectivity index (χ2v) is 4.91. The molecule has 2 rings (SSSR count). The van der Waals surface area contributed by atoms with Crippen molar-refractivity contribution < 1.29 is 14.7 Å². The lowest BCUT2D eigenvalue weighted by Gasteiger charge is -2.04. The molecule has 0 saturated heterocycles. The zero-order valence-corrected chi connectivity index (χ0v) is 11.2. The number of benzene rings is 1. The molecule has 0 aliphatic heterocycles. The van der Waals surface area contributed by atoms with Crippen LogP contribution in [0.3, 0.4) is 0 Å². The van der Waals surface area contributed by atoms with Gasteiger partial charge in [-0.2, -0.15) is 0 Å². The first-order chi connectivity index (χ1) is 8.97. The molecule has 0 unspecified atom stereocenters. The molecule has 0 atom stereocenters. The molecule has 2 N–H and O–H groups in total. The number of rotatable bonds is 3. The van der Waals surface area contributed by atoms with Gasteiger partial charge < -0.3 is 5.11 Å². The molecule has 0 radical (unpaired) electrons. The van der Waals surface area contributed by atoms with E-state index in [1.54, 1.807) is 18.4 Å². The quantitative estimate of drug-likeness (QED) is 0.844. The van der Waals surface area contributed by atoms with Gasteiger partial charge in [0.2, 0.25) is 0 Å². The number of nitrogens with zero attached hydrogens (tertiary/aromatic N) is 1. The van der Waals surface area contributed by atoms with Crippen LogP contribution < -0.4 is 5.32 Å². The molecule has 6 heteroatoms. The SMILES string of the molecule is CC(=O)c1csc(NC(=O)c2ccc(O)c(C)c2)n1. The number of Topliss-reactive ketones (excluding diaryl/α,β-unsaturated/α-hetero) is 1. The fourth-order valence-corrected chi connectivity index (χ4v) is 2.20. The van der Waals surface area contributed by atoms with E-state index in [4.69, 9.17) is 0 Å². The van der Waals surface area contributed by atoms with Crippen LogP contribution in [0.1, 0.15) is 33.3 Å². The van der Waals surface area contributed by atoms with E-state index in [0.29, 0.717) is 22.0 Å². The van der Waals surface area contributed by atoms with Crippen LogP contribution in [0.5, 0.6) is 5.75 Å². The number of nitrogens with one attached hydrogen (secondary N) is 1. The van der Waals surface area contributed by atoms with Crippen LogP contribution in [-0.2, 0) is 0 Å². The summed E-state index contributed by atoms with van der Waals surface area (Å²) in [7, 11) is 0. The molecule has 1 aromatic carbocycles. The number of amides is 1. The number of carbonyl (C=O) groups is 2. The second kappa shape index (κ2) is 5.19. The smallest absolute Gasteiger partial charge is 0.257 e. The van der Waals surface area contributed by atoms with Crippen LogP contribution in [0.4, 0.5) is 5.13 Å². The van der Waals surface area contributed by atoms with Crippen molar-refractivity contribution in [3.63, 3.8) is 0 Å². The van der Waals surface area contributed by atoms with Crippen molar-refractivity contribution in [1.82, 2.24) is 4.98 Å². The van der Waals surface area contributed by atoms with Gasteiger partial charge in [0.05, 0.1) is 0 Å². The van der Waals surface area contributed by atoms with E-state index in [-0.39, 0.29) is 17.4 Å². The summed E-state index contributed by atoms with van der Waals surface area (Å²) in [6, 6.07) is 4.58. The Bertz CT molecular complexity index is 649. The van der Waals surface area contributed by atoms with Crippen LogP contribution in [-0.4, -0.2) is 21.8 Å². The number of thiazole rings is 1. The molecule has 0 aliphatic carbocycles. The highest BCUT2D eigenvalue weighted by Gasteiger charge is 2.11. The first-order valence-electron chi connectivity index (χ1n) is 5.55. The maximum atomic E-state index is 11.9. The number of aromatic nitrogens is 1. The molecule has 2 aromatic rings. The molecular formula is C13H12N2O3S. The number of aromatic hydroxyl groups is 1. The largest absolute Gasteiger partial charge is 0.508 e. The molecule has 0 aliphatic rings. The Morgan fingerprint density at radius 1 is 1.37 bits per heavy atom. The normalized spacial score (nSPS) is 10.2. The first kappa shape index (κ1) is 13.2. The molecule has 1 aromatic heterocycles. The van der Waals surface area contributed by atoms with E-state index >= 15 is 0 Å². The van der Waals surface area contributed by atoms with E-state index in [0.717, 1.165) is 0 Å². The molecule has 98 valence electrons. The number of hydrogen-bond acceptors (Lipinski definition) is 5. The maximum Gasteiger partial charge on any atom is 0.257 e. The van der Waals surface area contributed by atoms with Gasteiger partial charge in [-0.15, -0.1) is 11.3 Å². The second-order valence-electron chi connectivity index (χ2n) is 4.05. The van der Waals surface area contributed by atoms with E-state index in [9.17, 15) is 14.7 Å². The van der Waals surface area contributed by atoms with Crippen molar-refractivity contribution >= 4 is 28.2 Å². The molecule has 0 spiro atoms. The van der Waals surface area contributed by atoms with Gasteiger partial charge in [-0.05, 0) is 30.7 Å². The van der Waals surface area contributed by atoms with Crippen LogP contribution in [0.25, 0.3) is 0 Å². The van der Waals surface area contributed by atoms with Crippen molar-refractivity contribution in [1.29, 1.82) is 0 Å². The molecule has 5 nitrogen and oxygen atoms in total. The zero-order valence-electron chi connectivity index (χ0n) is 10.4. The van der Waals surface area contributed by atoms with Crippen molar-refractivity contribution in [2.75, 3.05) is 5.32 Å². The number of phenols is 1. The molecule has 1 amide bonds. The summed E-state index contributed by atoms with van der Waals surface area (Å²) in [4.78, 5) is 27.0. The van der Waals surface area contributed by atoms with Gasteiger partial charge >= 0.3 is 0 Å². The number of aryl methyl sites for hydroxylation is 1. The lowest BCUT2D eigenvalue weighted by molar-refractivity contribution is 0.100. The minimum Gasteiger partial charge on any atom is -0.508 e. The highest BCUT2D eigenvalue weighted by molar-refractivity contribution is 7.14. The summed E-state index contributed by atoms with van der Waals surface area (Å²) in [6.07, 6.45) is 0. The third-order valence-electron chi connectivity index (χ3n) is 2.54. The minimum atomic E-state index is -0.326. The van der Waals surface area contributed by atoms with Crippen molar-refractivity contribution in [3.8, 4) is 5.75 Å². The summed E-state index contributed by atoms with van der Waals surface area (Å²) in [5.41, 5.74) is 1.38. The molecule has 0 bridgehead atoms. The van der Waals surface area contributed by atoms with E-state index in [1.807, 2.05) is 0 Å². The van der Waals surface area contributed by atoms with Gasteiger partial charge in [-0.1, -0.05) is 0 Å². The summed E-state index contributed by atoms with van der Waals surface area (Å²) >= 11 is 1.19. The number of carbonyl (C=O) groups excluding carboxylic acids is 2. The first-order valence-corrected chi connectivity index (χ1v) is 6.43. The predicted molar refractivity (Wildman–Crippen MR) is 72.9 cm³/mol. The fourth-order valence-electron chi connectivity index (χ4n) is 1.46. The number of anilines is 1. The van der Waals surface area contributed by atoms with Gasteiger partial charge in [0.15, 0.2) is 10.9 Å². The topological polar surface area (TPSA) is 79.3 Å². The zero-order chi connectivity index (χ0) is 14.0. The van der Waals surface area contributed by atoms with E-state index in [2.05, 4.69) is 10.3 Å². The van der Waals surface area contributed by atoms with Gasteiger partial charge in [0, 0.05) is 17.9 Å². The Balaban J connectivity index is 2.15. The average molecular weight is 276 g/mol. The summed E-state index contributed by atoms with van der Waals surface area (Å²) in [5.74, 6) is -0.325. The molecule has 0 saturated carbocycles. The third-order valence-corrected chi connectivity index (χ3v) is 3.30. The lowest BCUT2D eigenvalue weighted by atomic mass is 10.1. The Kier molecular flexibility index (Phi) is 3.62. The summed E-state index contributed by atoms with van der Waals surface area (Å²) in [6.45, 7) is 3.13. The van der Waals surface area contributed by atoms with E-state index < -0.39 is 0 Å². The van der Waals surface area contributed by atoms with Gasteiger partial charge in [0.25, 0.3) is 5.91 Å². The van der Waals surface area contributed by atoms with Crippen molar-refractivity contribution in [3.05, 3.63) is 40.4 Å². The Morgan fingerprint density at radius 3 is 2.68 bits per heavy atom. The standard InChI is InChI=1S/C13H12N2O3S/c1-7-5-9(3-4-11(7)17)12(18)15-13-14-10(6-19-13)8(2)16/h3-6,17H,1-2H3,(H,14,15,18). The fraction of sp³-hybridized carbons (Fsp3) is 0.154. The van der Waals surface area contributed by atoms with Crippen LogP contribution in [0, 0.1) is 6.92 Å². The highest BCUT2D eigenvalue weighted by atomic mass is 32.1.